The molecule has 8 heteroatoms. The Kier molecular flexibility index (Phi) is 3.60. The summed E-state index contributed by atoms with van der Waals surface area (Å²) in [6.07, 6.45) is 0. The molecular formula is C10H10N2O4S2. The lowest BCUT2D eigenvalue weighted by molar-refractivity contribution is -0.114. The third-order valence-corrected chi connectivity index (χ3v) is 3.71. The zero-order valence-corrected chi connectivity index (χ0v) is 11.2. The summed E-state index contributed by atoms with van der Waals surface area (Å²) in [7, 11) is 0. The lowest BCUT2D eigenvalue weighted by Gasteiger charge is -1.92. The molecule has 2 N–H and O–H groups in total. The van der Waals surface area contributed by atoms with Gasteiger partial charge in [0.2, 0.25) is 22.1 Å². The topological polar surface area (TPSA) is 92.4 Å². The fourth-order valence-corrected chi connectivity index (χ4v) is 2.68. The van der Waals surface area contributed by atoms with Crippen LogP contribution in [-0.4, -0.2) is 19.7 Å². The number of nitrogens with one attached hydrogen (secondary N) is 1. The maximum atomic E-state index is 10.9. The zero-order chi connectivity index (χ0) is 13.3. The van der Waals surface area contributed by atoms with Crippen molar-refractivity contribution in [1.82, 2.24) is 4.98 Å². The molecule has 0 saturated carbocycles. The van der Waals surface area contributed by atoms with Gasteiger partial charge in [0.15, 0.2) is 5.13 Å². The van der Waals surface area contributed by atoms with E-state index in [0.717, 1.165) is 4.88 Å². The van der Waals surface area contributed by atoms with E-state index in [9.17, 15) is 9.00 Å². The van der Waals surface area contributed by atoms with E-state index >= 15 is 0 Å². The molecule has 1 unspecified atom stereocenters. The van der Waals surface area contributed by atoms with E-state index in [1.807, 2.05) is 0 Å². The lowest BCUT2D eigenvalue weighted by atomic mass is 10.3. The molecule has 18 heavy (non-hydrogen) atoms. The number of thiazole rings is 1. The van der Waals surface area contributed by atoms with Gasteiger partial charge >= 0.3 is 0 Å². The Morgan fingerprint density at radius 2 is 2.28 bits per heavy atom. The Bertz CT molecular complexity index is 617. The van der Waals surface area contributed by atoms with E-state index in [2.05, 4.69) is 10.3 Å². The number of hydrogen-bond donors (Lipinski definition) is 2. The number of amides is 1. The second kappa shape index (κ2) is 5.01. The van der Waals surface area contributed by atoms with Gasteiger partial charge < -0.3 is 9.73 Å². The van der Waals surface area contributed by atoms with Gasteiger partial charge in [-0.05, 0) is 19.1 Å². The molecule has 96 valence electrons. The molecule has 2 aromatic rings. The van der Waals surface area contributed by atoms with Gasteiger partial charge in [-0.15, -0.1) is 0 Å². The number of anilines is 1. The van der Waals surface area contributed by atoms with E-state index in [1.165, 1.54) is 24.3 Å². The number of aryl methyl sites for hydroxylation is 1. The highest BCUT2D eigenvalue weighted by Crippen LogP contribution is 2.34. The molecule has 0 bridgehead atoms. The predicted molar refractivity (Wildman–Crippen MR) is 67.9 cm³/mol. The second-order valence-corrected chi connectivity index (χ2v) is 5.38. The molecule has 2 heterocycles. The Balaban J connectivity index is 2.34. The number of rotatable bonds is 3. The molecule has 1 atom stereocenters. The Morgan fingerprint density at radius 3 is 2.83 bits per heavy atom. The van der Waals surface area contributed by atoms with Crippen LogP contribution in [0.4, 0.5) is 5.13 Å². The van der Waals surface area contributed by atoms with Crippen LogP contribution < -0.4 is 5.32 Å². The molecule has 0 saturated heterocycles. The summed E-state index contributed by atoms with van der Waals surface area (Å²) in [5.41, 5.74) is 0.688. The van der Waals surface area contributed by atoms with Crippen molar-refractivity contribution in [2.45, 2.75) is 18.9 Å². The minimum Gasteiger partial charge on any atom is -0.444 e. The average molecular weight is 286 g/mol. The molecule has 0 radical (unpaired) electrons. The van der Waals surface area contributed by atoms with E-state index in [-0.39, 0.29) is 11.0 Å². The fraction of sp³-hybridized carbons (Fsp3) is 0.200. The van der Waals surface area contributed by atoms with E-state index < -0.39 is 11.1 Å². The fourth-order valence-electron chi connectivity index (χ4n) is 1.37. The molecular weight excluding hydrogens is 276 g/mol. The van der Waals surface area contributed by atoms with Gasteiger partial charge in [0.1, 0.15) is 5.76 Å². The second-order valence-electron chi connectivity index (χ2n) is 3.48. The van der Waals surface area contributed by atoms with Crippen LogP contribution in [0.3, 0.4) is 0 Å². The van der Waals surface area contributed by atoms with Crippen molar-refractivity contribution in [2.24, 2.45) is 0 Å². The Hall–Kier alpha value is -1.51. The summed E-state index contributed by atoms with van der Waals surface area (Å²) in [5.74, 6) is 0.255. The molecule has 1 amide bonds. The first-order valence-corrected chi connectivity index (χ1v) is 6.86. The van der Waals surface area contributed by atoms with Gasteiger partial charge in [0.25, 0.3) is 0 Å². The first-order chi connectivity index (χ1) is 8.47. The lowest BCUT2D eigenvalue weighted by Crippen LogP contribution is -2.04. The normalized spacial score (nSPS) is 12.4. The van der Waals surface area contributed by atoms with Crippen molar-refractivity contribution in [3.63, 3.8) is 0 Å². The molecule has 6 nitrogen and oxygen atoms in total. The predicted octanol–water partition coefficient (Wildman–Crippen LogP) is 2.25. The third-order valence-electron chi connectivity index (χ3n) is 2.06. The van der Waals surface area contributed by atoms with Gasteiger partial charge in [0, 0.05) is 6.92 Å². The molecule has 0 aliphatic heterocycles. The number of furan rings is 1. The van der Waals surface area contributed by atoms with Crippen molar-refractivity contribution in [1.29, 1.82) is 0 Å². The summed E-state index contributed by atoms with van der Waals surface area (Å²) >= 11 is -0.894. The average Bonchev–Trinajstić information content (AvgIpc) is 2.83. The molecule has 2 aromatic heterocycles. The van der Waals surface area contributed by atoms with Gasteiger partial charge in [-0.2, -0.15) is 0 Å². The van der Waals surface area contributed by atoms with Gasteiger partial charge in [-0.3, -0.25) is 9.35 Å². The standard InChI is InChI=1S/C10H10N2O4S2/c1-5-9(17-10(11-5)12-6(2)13)7-3-4-8(16-7)18(14)15/h3-4H,1-2H3,(H,14,15)(H,11,12,13). The van der Waals surface area contributed by atoms with Crippen molar-refractivity contribution in [3.8, 4) is 10.6 Å². The molecule has 0 fully saturated rings. The van der Waals surface area contributed by atoms with Crippen molar-refractivity contribution in [2.75, 3.05) is 5.32 Å². The number of carbonyl (C=O) groups is 1. The van der Waals surface area contributed by atoms with Gasteiger partial charge in [-0.1, -0.05) is 11.3 Å². The number of aromatic nitrogens is 1. The molecule has 0 spiro atoms. The largest absolute Gasteiger partial charge is 0.444 e. The summed E-state index contributed by atoms with van der Waals surface area (Å²) in [6, 6.07) is 3.03. The van der Waals surface area contributed by atoms with E-state index in [0.29, 0.717) is 16.6 Å². The summed E-state index contributed by atoms with van der Waals surface area (Å²) in [4.78, 5) is 15.8. The van der Waals surface area contributed by atoms with Crippen LogP contribution in [-0.2, 0) is 15.9 Å². The zero-order valence-electron chi connectivity index (χ0n) is 9.59. The van der Waals surface area contributed by atoms with Crippen molar-refractivity contribution in [3.05, 3.63) is 17.8 Å². The highest BCUT2D eigenvalue weighted by Gasteiger charge is 2.15. The van der Waals surface area contributed by atoms with Crippen LogP contribution in [0.25, 0.3) is 10.6 Å². The van der Waals surface area contributed by atoms with Gasteiger partial charge in [0.05, 0.1) is 10.6 Å². The van der Waals surface area contributed by atoms with Crippen LogP contribution in [0.15, 0.2) is 21.6 Å². The number of carbonyl (C=O) groups excluding carboxylic acids is 1. The van der Waals surface area contributed by atoms with Crippen LogP contribution >= 0.6 is 11.3 Å². The third kappa shape index (κ3) is 2.66. The smallest absolute Gasteiger partial charge is 0.223 e. The van der Waals surface area contributed by atoms with Gasteiger partial charge in [-0.25, -0.2) is 9.19 Å². The minimum atomic E-state index is -2.14. The highest BCUT2D eigenvalue weighted by atomic mass is 32.2. The summed E-state index contributed by atoms with van der Waals surface area (Å²) in [6.45, 7) is 3.17. The van der Waals surface area contributed by atoms with Crippen LogP contribution in [0.2, 0.25) is 0 Å². The van der Waals surface area contributed by atoms with E-state index in [1.54, 1.807) is 13.0 Å². The first-order valence-electron chi connectivity index (χ1n) is 4.93. The van der Waals surface area contributed by atoms with Crippen LogP contribution in [0, 0.1) is 6.92 Å². The minimum absolute atomic E-state index is 0.0149. The summed E-state index contributed by atoms with van der Waals surface area (Å²) in [5, 5.41) is 3.04. The van der Waals surface area contributed by atoms with Crippen molar-refractivity contribution < 1.29 is 18.0 Å². The SMILES string of the molecule is CC(=O)Nc1nc(C)c(-c2ccc(S(=O)O)o2)s1. The number of hydrogen-bond acceptors (Lipinski definition) is 5. The summed E-state index contributed by atoms with van der Waals surface area (Å²) < 4.78 is 25.0. The maximum absolute atomic E-state index is 10.9. The van der Waals surface area contributed by atoms with Crippen LogP contribution in [0.5, 0.6) is 0 Å². The molecule has 0 aliphatic rings. The highest BCUT2D eigenvalue weighted by molar-refractivity contribution is 7.79. The van der Waals surface area contributed by atoms with E-state index in [4.69, 9.17) is 8.97 Å². The molecule has 0 aliphatic carbocycles. The molecule has 0 aromatic carbocycles. The molecule has 2 rings (SSSR count). The van der Waals surface area contributed by atoms with Crippen molar-refractivity contribution >= 4 is 33.5 Å². The quantitative estimate of drug-likeness (QED) is 0.844. The van der Waals surface area contributed by atoms with Crippen LogP contribution in [0.1, 0.15) is 12.6 Å². The number of nitrogens with zero attached hydrogens (tertiary/aromatic N) is 1. The maximum Gasteiger partial charge on any atom is 0.223 e. The monoisotopic (exact) mass is 286 g/mol. The Labute approximate surface area is 109 Å². The Morgan fingerprint density at radius 1 is 1.56 bits per heavy atom. The first kappa shape index (κ1) is 12.9.